The van der Waals surface area contributed by atoms with Crippen molar-refractivity contribution in [2.75, 3.05) is 13.7 Å². The minimum Gasteiger partial charge on any atom is -0.468 e. The third kappa shape index (κ3) is 12.6. The van der Waals surface area contributed by atoms with E-state index in [2.05, 4.69) is 4.74 Å². The molecule has 0 radical (unpaired) electrons. The zero-order valence-electron chi connectivity index (χ0n) is 14.4. The van der Waals surface area contributed by atoms with Gasteiger partial charge in [-0.2, -0.15) is 0 Å². The second-order valence-electron chi connectivity index (χ2n) is 6.22. The summed E-state index contributed by atoms with van der Waals surface area (Å²) in [5.74, 6) is -0.00824. The Hall–Kier alpha value is -1.10. The van der Waals surface area contributed by atoms with E-state index in [0.717, 1.165) is 44.9 Å². The molecule has 0 aliphatic carbocycles. The molecule has 0 spiro atoms. The summed E-state index contributed by atoms with van der Waals surface area (Å²) < 4.78 is 9.71. The van der Waals surface area contributed by atoms with Crippen LogP contribution in [0.5, 0.6) is 0 Å². The Morgan fingerprint density at radius 3 is 2.05 bits per heavy atom. The molecule has 0 aromatic heterocycles. The molecule has 0 aliphatic rings. The van der Waals surface area contributed by atoms with E-state index in [1.54, 1.807) is 0 Å². The lowest BCUT2D eigenvalue weighted by molar-refractivity contribution is -0.145. The molecule has 0 bridgehead atoms. The number of unbranched alkanes of at least 4 members (excludes halogenated alkanes) is 6. The van der Waals surface area contributed by atoms with Crippen molar-refractivity contribution in [1.82, 2.24) is 0 Å². The highest BCUT2D eigenvalue weighted by Crippen LogP contribution is 2.11. The van der Waals surface area contributed by atoms with Crippen LogP contribution >= 0.6 is 0 Å². The van der Waals surface area contributed by atoms with Gasteiger partial charge in [-0.15, -0.1) is 0 Å². The summed E-state index contributed by atoms with van der Waals surface area (Å²) in [6.07, 6.45) is 8.68. The summed E-state index contributed by atoms with van der Waals surface area (Å²) in [5.41, 5.74) is 5.66. The molecule has 0 aromatic rings. The van der Waals surface area contributed by atoms with E-state index < -0.39 is 6.04 Å². The van der Waals surface area contributed by atoms with Crippen LogP contribution in [0.1, 0.15) is 71.6 Å². The summed E-state index contributed by atoms with van der Waals surface area (Å²) in [6.45, 7) is 4.59. The van der Waals surface area contributed by atoms with Crippen LogP contribution in [-0.2, 0) is 19.1 Å². The third-order valence-electron chi connectivity index (χ3n) is 3.48. The van der Waals surface area contributed by atoms with Gasteiger partial charge in [-0.3, -0.25) is 9.59 Å². The number of carbonyl (C=O) groups excluding carboxylic acids is 2. The molecule has 0 unspecified atom stereocenters. The SMILES string of the molecule is COC(=O)[C@@H](N)CCCCCCCCCC(=O)OCC(C)C. The van der Waals surface area contributed by atoms with Crippen LogP contribution in [0, 0.1) is 5.92 Å². The minimum absolute atomic E-state index is 0.0782. The van der Waals surface area contributed by atoms with E-state index in [4.69, 9.17) is 10.5 Å². The van der Waals surface area contributed by atoms with Crippen LogP contribution in [0.2, 0.25) is 0 Å². The third-order valence-corrected chi connectivity index (χ3v) is 3.48. The molecular weight excluding hydrogens is 282 g/mol. The standard InChI is InChI=1S/C17H33NO4/c1-14(2)13-22-16(19)12-10-8-6-4-5-7-9-11-15(18)17(20)21-3/h14-15H,4-13,18H2,1-3H3/t15-/m0/s1. The molecule has 5 nitrogen and oxygen atoms in total. The smallest absolute Gasteiger partial charge is 0.322 e. The molecule has 0 fully saturated rings. The maximum absolute atomic E-state index is 11.4. The second-order valence-corrected chi connectivity index (χ2v) is 6.22. The summed E-state index contributed by atoms with van der Waals surface area (Å²) in [4.78, 5) is 22.5. The Bertz CT molecular complexity index is 305. The molecule has 0 amide bonds. The first-order valence-corrected chi connectivity index (χ1v) is 8.46. The van der Waals surface area contributed by atoms with E-state index >= 15 is 0 Å². The number of ether oxygens (including phenoxy) is 2. The molecule has 0 heterocycles. The highest BCUT2D eigenvalue weighted by molar-refractivity contribution is 5.75. The number of carbonyl (C=O) groups is 2. The largest absolute Gasteiger partial charge is 0.468 e. The number of hydrogen-bond acceptors (Lipinski definition) is 5. The number of methoxy groups -OCH3 is 1. The number of hydrogen-bond donors (Lipinski definition) is 1. The van der Waals surface area contributed by atoms with Crippen LogP contribution in [0.3, 0.4) is 0 Å². The van der Waals surface area contributed by atoms with Crippen LogP contribution in [-0.4, -0.2) is 31.7 Å². The first-order valence-electron chi connectivity index (χ1n) is 8.46. The highest BCUT2D eigenvalue weighted by Gasteiger charge is 2.12. The molecule has 22 heavy (non-hydrogen) atoms. The summed E-state index contributed by atoms with van der Waals surface area (Å²) >= 11 is 0. The highest BCUT2D eigenvalue weighted by atomic mass is 16.5. The van der Waals surface area contributed by atoms with Gasteiger partial charge >= 0.3 is 11.9 Å². The fraction of sp³-hybridized carbons (Fsp3) is 0.882. The lowest BCUT2D eigenvalue weighted by Gasteiger charge is -2.08. The number of rotatable bonds is 13. The van der Waals surface area contributed by atoms with Crippen LogP contribution in [0.15, 0.2) is 0 Å². The monoisotopic (exact) mass is 315 g/mol. The molecule has 0 aromatic carbocycles. The van der Waals surface area contributed by atoms with Crippen LogP contribution < -0.4 is 5.73 Å². The van der Waals surface area contributed by atoms with Crippen molar-refractivity contribution in [1.29, 1.82) is 0 Å². The number of esters is 2. The lowest BCUT2D eigenvalue weighted by atomic mass is 10.0. The minimum atomic E-state index is -0.484. The number of nitrogens with two attached hydrogens (primary N) is 1. The van der Waals surface area contributed by atoms with Crippen molar-refractivity contribution < 1.29 is 19.1 Å². The Labute approximate surface area is 134 Å². The molecule has 0 aliphatic heterocycles. The molecule has 1 atom stereocenters. The van der Waals surface area contributed by atoms with Gasteiger partial charge in [-0.1, -0.05) is 52.4 Å². The zero-order valence-corrected chi connectivity index (χ0v) is 14.4. The Morgan fingerprint density at radius 2 is 1.50 bits per heavy atom. The van der Waals surface area contributed by atoms with E-state index in [1.165, 1.54) is 7.11 Å². The van der Waals surface area contributed by atoms with Gasteiger partial charge in [-0.05, 0) is 18.8 Å². The molecular formula is C17H33NO4. The first-order chi connectivity index (χ1) is 10.5. The maximum Gasteiger partial charge on any atom is 0.322 e. The fourth-order valence-electron chi connectivity index (χ4n) is 2.12. The van der Waals surface area contributed by atoms with E-state index in [-0.39, 0.29) is 11.9 Å². The topological polar surface area (TPSA) is 78.6 Å². The van der Waals surface area contributed by atoms with E-state index in [0.29, 0.717) is 25.4 Å². The van der Waals surface area contributed by atoms with E-state index in [9.17, 15) is 9.59 Å². The lowest BCUT2D eigenvalue weighted by Crippen LogP contribution is -2.31. The normalized spacial score (nSPS) is 12.2. The first kappa shape index (κ1) is 20.9. The van der Waals surface area contributed by atoms with Crippen molar-refractivity contribution in [2.45, 2.75) is 77.7 Å². The second kappa shape index (κ2) is 13.6. The van der Waals surface area contributed by atoms with Gasteiger partial charge in [0, 0.05) is 6.42 Å². The van der Waals surface area contributed by atoms with Crippen molar-refractivity contribution in [3.05, 3.63) is 0 Å². The summed E-state index contributed by atoms with van der Waals surface area (Å²) in [7, 11) is 1.36. The molecule has 0 rings (SSSR count). The van der Waals surface area contributed by atoms with Gasteiger partial charge in [-0.25, -0.2) is 0 Å². The average molecular weight is 315 g/mol. The predicted molar refractivity (Wildman–Crippen MR) is 87.3 cm³/mol. The van der Waals surface area contributed by atoms with Crippen molar-refractivity contribution in [2.24, 2.45) is 11.7 Å². The predicted octanol–water partition coefficient (Wildman–Crippen LogP) is 3.20. The average Bonchev–Trinajstić information content (AvgIpc) is 2.50. The molecule has 130 valence electrons. The molecule has 5 heteroatoms. The molecule has 2 N–H and O–H groups in total. The van der Waals surface area contributed by atoms with E-state index in [1.807, 2.05) is 13.8 Å². The van der Waals surface area contributed by atoms with Crippen molar-refractivity contribution in [3.63, 3.8) is 0 Å². The Morgan fingerprint density at radius 1 is 0.955 bits per heavy atom. The van der Waals surface area contributed by atoms with Gasteiger partial charge < -0.3 is 15.2 Å². The Kier molecular flexibility index (Phi) is 12.9. The van der Waals surface area contributed by atoms with Gasteiger partial charge in [0.1, 0.15) is 6.04 Å². The van der Waals surface area contributed by atoms with Gasteiger partial charge in [0.05, 0.1) is 13.7 Å². The van der Waals surface area contributed by atoms with Gasteiger partial charge in [0.2, 0.25) is 0 Å². The molecule has 0 saturated carbocycles. The Balaban J connectivity index is 3.30. The van der Waals surface area contributed by atoms with Crippen molar-refractivity contribution in [3.8, 4) is 0 Å². The summed E-state index contributed by atoms with van der Waals surface area (Å²) in [6, 6.07) is -0.484. The van der Waals surface area contributed by atoms with Gasteiger partial charge in [0.25, 0.3) is 0 Å². The van der Waals surface area contributed by atoms with Crippen LogP contribution in [0.4, 0.5) is 0 Å². The van der Waals surface area contributed by atoms with Gasteiger partial charge in [0.15, 0.2) is 0 Å². The molecule has 0 saturated heterocycles. The van der Waals surface area contributed by atoms with Crippen molar-refractivity contribution >= 4 is 11.9 Å². The maximum atomic E-state index is 11.4. The summed E-state index contributed by atoms with van der Waals surface area (Å²) in [5, 5.41) is 0. The zero-order chi connectivity index (χ0) is 16.8. The quantitative estimate of drug-likeness (QED) is 0.417. The fourth-order valence-corrected chi connectivity index (χ4v) is 2.12. The van der Waals surface area contributed by atoms with Crippen LogP contribution in [0.25, 0.3) is 0 Å².